The van der Waals surface area contributed by atoms with Crippen LogP contribution in [0.3, 0.4) is 0 Å². The number of hydrogen-bond acceptors (Lipinski definition) is 4. The fourth-order valence-electron chi connectivity index (χ4n) is 2.96. The lowest BCUT2D eigenvalue weighted by atomic mass is 9.91. The van der Waals surface area contributed by atoms with Gasteiger partial charge in [-0.25, -0.2) is 0 Å². The topological polar surface area (TPSA) is 70.8 Å². The number of ether oxygens (including phenoxy) is 3. The number of carbonyl (C=O) groups is 1. The van der Waals surface area contributed by atoms with E-state index in [9.17, 15) is 4.79 Å². The zero-order valence-electron chi connectivity index (χ0n) is 13.7. The largest absolute Gasteiger partial charge is 0.493 e. The summed E-state index contributed by atoms with van der Waals surface area (Å²) in [5, 5.41) is 0. The maximum absolute atomic E-state index is 10.7. The summed E-state index contributed by atoms with van der Waals surface area (Å²) < 4.78 is 16.5. The van der Waals surface area contributed by atoms with Gasteiger partial charge in [-0.1, -0.05) is 24.3 Å². The van der Waals surface area contributed by atoms with Gasteiger partial charge in [0.2, 0.25) is 0 Å². The molecule has 0 saturated heterocycles. The van der Waals surface area contributed by atoms with Crippen molar-refractivity contribution in [1.29, 1.82) is 0 Å². The monoisotopic (exact) mass is 327 g/mol. The summed E-state index contributed by atoms with van der Waals surface area (Å²) >= 11 is 0. The molecule has 1 unspecified atom stereocenters. The third-order valence-corrected chi connectivity index (χ3v) is 4.08. The molecule has 24 heavy (non-hydrogen) atoms. The highest BCUT2D eigenvalue weighted by atomic mass is 16.5. The van der Waals surface area contributed by atoms with Crippen molar-refractivity contribution in [2.45, 2.75) is 12.8 Å². The molecule has 0 aromatic heterocycles. The van der Waals surface area contributed by atoms with Crippen molar-refractivity contribution in [2.75, 3.05) is 20.3 Å². The molecule has 5 heteroatoms. The fourth-order valence-corrected chi connectivity index (χ4v) is 2.96. The molecule has 0 aliphatic carbocycles. The number of para-hydroxylation sites is 1. The lowest BCUT2D eigenvalue weighted by Crippen LogP contribution is -2.23. The van der Waals surface area contributed by atoms with Crippen molar-refractivity contribution in [3.05, 3.63) is 53.6 Å². The molecular weight excluding hydrogens is 306 g/mol. The molecule has 1 amide bonds. The molecule has 0 bridgehead atoms. The number of hydrogen-bond donors (Lipinski definition) is 1. The van der Waals surface area contributed by atoms with Gasteiger partial charge in [0.1, 0.15) is 5.75 Å². The van der Waals surface area contributed by atoms with E-state index in [1.807, 2.05) is 36.4 Å². The number of methoxy groups -OCH3 is 1. The summed E-state index contributed by atoms with van der Waals surface area (Å²) in [7, 11) is 1.66. The van der Waals surface area contributed by atoms with Crippen LogP contribution in [0.5, 0.6) is 17.2 Å². The summed E-state index contributed by atoms with van der Waals surface area (Å²) in [6, 6.07) is 13.7. The number of carbonyl (C=O) groups excluding carboxylic acids is 1. The Morgan fingerprint density at radius 3 is 2.75 bits per heavy atom. The van der Waals surface area contributed by atoms with Crippen molar-refractivity contribution in [3.8, 4) is 17.2 Å². The quantitative estimate of drug-likeness (QED) is 0.884. The van der Waals surface area contributed by atoms with Crippen molar-refractivity contribution in [2.24, 2.45) is 11.7 Å². The zero-order valence-corrected chi connectivity index (χ0v) is 13.7. The molecule has 2 N–H and O–H groups in total. The van der Waals surface area contributed by atoms with E-state index in [1.165, 1.54) is 11.1 Å². The van der Waals surface area contributed by atoms with Gasteiger partial charge in [-0.15, -0.1) is 0 Å². The van der Waals surface area contributed by atoms with Gasteiger partial charge in [-0.05, 0) is 42.2 Å². The first-order valence-corrected chi connectivity index (χ1v) is 7.94. The maximum atomic E-state index is 10.7. The minimum absolute atomic E-state index is 0.103. The van der Waals surface area contributed by atoms with Crippen LogP contribution in [0.15, 0.2) is 42.5 Å². The van der Waals surface area contributed by atoms with Crippen LogP contribution in [-0.2, 0) is 17.6 Å². The first kappa shape index (κ1) is 16.2. The van der Waals surface area contributed by atoms with Crippen LogP contribution in [0.25, 0.3) is 0 Å². The highest BCUT2D eigenvalue weighted by Gasteiger charge is 2.22. The first-order chi connectivity index (χ1) is 11.7. The van der Waals surface area contributed by atoms with Gasteiger partial charge in [-0.3, -0.25) is 4.79 Å². The van der Waals surface area contributed by atoms with Crippen molar-refractivity contribution >= 4 is 5.91 Å². The number of rotatable bonds is 6. The summed E-state index contributed by atoms with van der Waals surface area (Å²) in [6.07, 6.45) is 1.89. The van der Waals surface area contributed by atoms with E-state index in [0.29, 0.717) is 18.3 Å². The number of amides is 1. The summed E-state index contributed by atoms with van der Waals surface area (Å²) in [6.45, 7) is 0.571. The van der Waals surface area contributed by atoms with Gasteiger partial charge in [0.15, 0.2) is 18.1 Å². The molecule has 1 aliphatic heterocycles. The van der Waals surface area contributed by atoms with Crippen molar-refractivity contribution < 1.29 is 19.0 Å². The van der Waals surface area contributed by atoms with Crippen LogP contribution >= 0.6 is 0 Å². The van der Waals surface area contributed by atoms with Crippen molar-refractivity contribution in [1.82, 2.24) is 0 Å². The number of fused-ring (bicyclic) bond motifs is 1. The van der Waals surface area contributed by atoms with Crippen LogP contribution in [0.1, 0.15) is 11.1 Å². The van der Waals surface area contributed by atoms with E-state index < -0.39 is 5.91 Å². The van der Waals surface area contributed by atoms with Gasteiger partial charge >= 0.3 is 0 Å². The van der Waals surface area contributed by atoms with E-state index in [4.69, 9.17) is 19.9 Å². The predicted octanol–water partition coefficient (Wildman–Crippen LogP) is 2.35. The number of nitrogens with two attached hydrogens (primary N) is 1. The first-order valence-electron chi connectivity index (χ1n) is 7.94. The van der Waals surface area contributed by atoms with E-state index in [0.717, 1.165) is 24.3 Å². The lowest BCUT2D eigenvalue weighted by molar-refractivity contribution is -0.119. The lowest BCUT2D eigenvalue weighted by Gasteiger charge is -2.26. The zero-order chi connectivity index (χ0) is 16.9. The molecule has 3 rings (SSSR count). The molecule has 0 spiro atoms. The Hall–Kier alpha value is -2.69. The molecule has 1 aliphatic rings. The predicted molar refractivity (Wildman–Crippen MR) is 90.5 cm³/mol. The van der Waals surface area contributed by atoms with Gasteiger partial charge in [0.05, 0.1) is 13.7 Å². The molecule has 2 aromatic rings. The van der Waals surface area contributed by atoms with Crippen molar-refractivity contribution in [3.63, 3.8) is 0 Å². The van der Waals surface area contributed by atoms with Gasteiger partial charge in [0.25, 0.3) is 5.91 Å². The normalized spacial score (nSPS) is 16.0. The van der Waals surface area contributed by atoms with Crippen LogP contribution in [0.2, 0.25) is 0 Å². The van der Waals surface area contributed by atoms with Gasteiger partial charge in [0, 0.05) is 5.92 Å². The Kier molecular flexibility index (Phi) is 4.89. The number of benzene rings is 2. The third kappa shape index (κ3) is 3.79. The Labute approximate surface area is 141 Å². The number of primary amides is 1. The smallest absolute Gasteiger partial charge is 0.255 e. The average Bonchev–Trinajstić information content (AvgIpc) is 2.60. The Morgan fingerprint density at radius 2 is 2.04 bits per heavy atom. The van der Waals surface area contributed by atoms with Crippen LogP contribution < -0.4 is 19.9 Å². The minimum atomic E-state index is -0.479. The maximum Gasteiger partial charge on any atom is 0.255 e. The minimum Gasteiger partial charge on any atom is -0.493 e. The summed E-state index contributed by atoms with van der Waals surface area (Å²) in [5.74, 6) is 2.25. The summed E-state index contributed by atoms with van der Waals surface area (Å²) in [4.78, 5) is 10.7. The van der Waals surface area contributed by atoms with Gasteiger partial charge in [-0.2, -0.15) is 0 Å². The van der Waals surface area contributed by atoms with E-state index in [-0.39, 0.29) is 6.61 Å². The summed E-state index contributed by atoms with van der Waals surface area (Å²) in [5.41, 5.74) is 7.46. The SMILES string of the molecule is COc1cccc2c1OCC(Cc1ccc(OCC(N)=O)cc1)C2. The second kappa shape index (κ2) is 7.25. The van der Waals surface area contributed by atoms with E-state index >= 15 is 0 Å². The Bertz CT molecular complexity index is 712. The standard InChI is InChI=1S/C19H21NO4/c1-22-17-4-2-3-15-10-14(11-24-19(15)17)9-13-5-7-16(8-6-13)23-12-18(20)21/h2-8,14H,9-12H2,1H3,(H2,20,21). The van der Waals surface area contributed by atoms with Crippen LogP contribution in [0, 0.1) is 5.92 Å². The van der Waals surface area contributed by atoms with Crippen LogP contribution in [-0.4, -0.2) is 26.2 Å². The second-order valence-corrected chi connectivity index (χ2v) is 5.93. The Morgan fingerprint density at radius 1 is 1.25 bits per heavy atom. The Balaban J connectivity index is 1.62. The third-order valence-electron chi connectivity index (χ3n) is 4.08. The van der Waals surface area contributed by atoms with E-state index in [2.05, 4.69) is 6.07 Å². The average molecular weight is 327 g/mol. The fraction of sp³-hybridized carbons (Fsp3) is 0.316. The second-order valence-electron chi connectivity index (χ2n) is 5.93. The molecule has 1 atom stereocenters. The highest BCUT2D eigenvalue weighted by Crippen LogP contribution is 2.36. The molecule has 5 nitrogen and oxygen atoms in total. The molecular formula is C19H21NO4. The van der Waals surface area contributed by atoms with Crippen LogP contribution in [0.4, 0.5) is 0 Å². The molecule has 0 fully saturated rings. The molecule has 0 saturated carbocycles. The van der Waals surface area contributed by atoms with E-state index in [1.54, 1.807) is 7.11 Å². The molecule has 1 heterocycles. The molecule has 126 valence electrons. The van der Waals surface area contributed by atoms with Gasteiger partial charge < -0.3 is 19.9 Å². The highest BCUT2D eigenvalue weighted by molar-refractivity contribution is 5.75. The molecule has 0 radical (unpaired) electrons. The molecule has 2 aromatic carbocycles.